The van der Waals surface area contributed by atoms with Gasteiger partial charge in [0.15, 0.2) is 5.82 Å². The number of carbonyl (C=O) groups excluding carboxylic acids is 1. The van der Waals surface area contributed by atoms with E-state index in [0.717, 1.165) is 0 Å². The fraction of sp³-hybridized carbons (Fsp3) is 0.364. The fourth-order valence-corrected chi connectivity index (χ4v) is 1.35. The lowest BCUT2D eigenvalue weighted by molar-refractivity contribution is -0.119. The molecular weight excluding hydrogens is 226 g/mol. The number of nitrogens with zero attached hydrogens (tertiary/aromatic N) is 2. The fourth-order valence-electron chi connectivity index (χ4n) is 1.18. The Morgan fingerprint density at radius 2 is 2.31 bits per heavy atom. The number of nitriles is 1. The van der Waals surface area contributed by atoms with Gasteiger partial charge < -0.3 is 5.32 Å². The Bertz CT molecular complexity index is 425. The second-order valence-corrected chi connectivity index (χ2v) is 4.08. The smallest absolute Gasteiger partial charge is 0.243 e. The second-order valence-electron chi connectivity index (χ2n) is 3.67. The molecule has 0 fully saturated rings. The summed E-state index contributed by atoms with van der Waals surface area (Å²) in [4.78, 5) is 15.6. The van der Waals surface area contributed by atoms with Crippen LogP contribution in [0.3, 0.4) is 0 Å². The van der Waals surface area contributed by atoms with Crippen molar-refractivity contribution in [2.75, 3.05) is 5.32 Å². The van der Waals surface area contributed by atoms with Gasteiger partial charge in [-0.25, -0.2) is 4.98 Å². The zero-order valence-corrected chi connectivity index (χ0v) is 9.82. The minimum atomic E-state index is -0.696. The summed E-state index contributed by atoms with van der Waals surface area (Å²) in [7, 11) is 0. The minimum Gasteiger partial charge on any atom is -0.308 e. The summed E-state index contributed by atoms with van der Waals surface area (Å²) in [5.74, 6) is -0.835. The van der Waals surface area contributed by atoms with Crippen LogP contribution in [0.1, 0.15) is 13.8 Å². The zero-order chi connectivity index (χ0) is 12.1. The monoisotopic (exact) mass is 237 g/mol. The van der Waals surface area contributed by atoms with Crippen molar-refractivity contribution in [1.82, 2.24) is 4.98 Å². The maximum Gasteiger partial charge on any atom is 0.243 e. The molecular formula is C11H12ClN3O. The SMILES string of the molecule is CC(C)C(C#N)C(=O)Nc1ncccc1Cl. The predicted octanol–water partition coefficient (Wildman–Crippen LogP) is 2.47. The van der Waals surface area contributed by atoms with Crippen LogP contribution in [0.2, 0.25) is 5.02 Å². The van der Waals surface area contributed by atoms with Crippen LogP contribution in [0.5, 0.6) is 0 Å². The lowest BCUT2D eigenvalue weighted by Crippen LogP contribution is -2.26. The standard InChI is InChI=1S/C11H12ClN3O/c1-7(2)8(6-13)11(16)15-10-9(12)4-3-5-14-10/h3-5,7-8H,1-2H3,(H,14,15,16). The molecule has 5 heteroatoms. The summed E-state index contributed by atoms with van der Waals surface area (Å²) in [6.07, 6.45) is 1.53. The van der Waals surface area contributed by atoms with Gasteiger partial charge in [-0.1, -0.05) is 25.4 Å². The molecule has 1 N–H and O–H groups in total. The maximum atomic E-state index is 11.7. The number of rotatable bonds is 3. The van der Waals surface area contributed by atoms with Crippen molar-refractivity contribution in [2.45, 2.75) is 13.8 Å². The molecule has 0 aromatic carbocycles. The number of nitrogens with one attached hydrogen (secondary N) is 1. The molecule has 1 amide bonds. The molecule has 4 nitrogen and oxygen atoms in total. The molecule has 1 aromatic heterocycles. The first-order chi connectivity index (χ1) is 7.56. The lowest BCUT2D eigenvalue weighted by atomic mass is 9.97. The molecule has 0 aliphatic carbocycles. The predicted molar refractivity (Wildman–Crippen MR) is 61.8 cm³/mol. The van der Waals surface area contributed by atoms with Crippen LogP contribution in [0, 0.1) is 23.2 Å². The number of aromatic nitrogens is 1. The molecule has 0 saturated heterocycles. The van der Waals surface area contributed by atoms with E-state index < -0.39 is 5.92 Å². The van der Waals surface area contributed by atoms with Crippen molar-refractivity contribution in [3.05, 3.63) is 23.4 Å². The number of hydrogen-bond donors (Lipinski definition) is 1. The summed E-state index contributed by atoms with van der Waals surface area (Å²) < 4.78 is 0. The molecule has 0 radical (unpaired) electrons. The van der Waals surface area contributed by atoms with Crippen LogP contribution >= 0.6 is 11.6 Å². The molecule has 1 heterocycles. The van der Waals surface area contributed by atoms with Crippen LogP contribution in [0.25, 0.3) is 0 Å². The quantitative estimate of drug-likeness (QED) is 0.878. The third-order valence-corrected chi connectivity index (χ3v) is 2.39. The van der Waals surface area contributed by atoms with Crippen molar-refractivity contribution < 1.29 is 4.79 Å². The minimum absolute atomic E-state index is 0.0486. The van der Waals surface area contributed by atoms with E-state index in [4.69, 9.17) is 16.9 Å². The highest BCUT2D eigenvalue weighted by Crippen LogP contribution is 2.19. The summed E-state index contributed by atoms with van der Waals surface area (Å²) in [6.45, 7) is 3.63. The molecule has 0 bridgehead atoms. The molecule has 0 aliphatic rings. The van der Waals surface area contributed by atoms with Crippen molar-refractivity contribution in [3.8, 4) is 6.07 Å². The van der Waals surface area contributed by atoms with E-state index in [9.17, 15) is 4.79 Å². The van der Waals surface area contributed by atoms with E-state index >= 15 is 0 Å². The van der Waals surface area contributed by atoms with E-state index in [-0.39, 0.29) is 17.6 Å². The second kappa shape index (κ2) is 5.47. The third-order valence-electron chi connectivity index (χ3n) is 2.09. The average Bonchev–Trinajstić information content (AvgIpc) is 2.22. The van der Waals surface area contributed by atoms with Gasteiger partial charge in [0.1, 0.15) is 5.92 Å². The van der Waals surface area contributed by atoms with E-state index in [1.807, 2.05) is 19.9 Å². The van der Waals surface area contributed by atoms with Gasteiger partial charge in [-0.3, -0.25) is 4.79 Å². The van der Waals surface area contributed by atoms with Gasteiger partial charge in [-0.2, -0.15) is 5.26 Å². The first kappa shape index (κ1) is 12.5. The third kappa shape index (κ3) is 2.94. The zero-order valence-electron chi connectivity index (χ0n) is 9.07. The average molecular weight is 238 g/mol. The van der Waals surface area contributed by atoms with Crippen LogP contribution in [0.15, 0.2) is 18.3 Å². The number of hydrogen-bond acceptors (Lipinski definition) is 3. The Kier molecular flexibility index (Phi) is 4.27. The van der Waals surface area contributed by atoms with Crippen molar-refractivity contribution in [2.24, 2.45) is 11.8 Å². The van der Waals surface area contributed by atoms with Gasteiger partial charge in [0.2, 0.25) is 5.91 Å². The van der Waals surface area contributed by atoms with Crippen molar-refractivity contribution in [1.29, 1.82) is 5.26 Å². The number of carbonyl (C=O) groups is 1. The van der Waals surface area contributed by atoms with Crippen molar-refractivity contribution in [3.63, 3.8) is 0 Å². The number of anilines is 1. The van der Waals surface area contributed by atoms with Gasteiger partial charge >= 0.3 is 0 Å². The van der Waals surface area contributed by atoms with Crippen molar-refractivity contribution >= 4 is 23.3 Å². The molecule has 0 saturated carbocycles. The highest BCUT2D eigenvalue weighted by atomic mass is 35.5. The van der Waals surface area contributed by atoms with E-state index in [2.05, 4.69) is 10.3 Å². The Labute approximate surface area is 99.2 Å². The van der Waals surface area contributed by atoms with Gasteiger partial charge in [0.25, 0.3) is 0 Å². The lowest BCUT2D eigenvalue weighted by Gasteiger charge is -2.12. The summed E-state index contributed by atoms with van der Waals surface area (Å²) in [5, 5.41) is 11.7. The normalized spacial score (nSPS) is 11.9. The van der Waals surface area contributed by atoms with Crippen LogP contribution in [-0.4, -0.2) is 10.9 Å². The molecule has 16 heavy (non-hydrogen) atoms. The van der Waals surface area contributed by atoms with Gasteiger partial charge in [-0.15, -0.1) is 0 Å². The van der Waals surface area contributed by atoms with Gasteiger partial charge in [-0.05, 0) is 18.1 Å². The van der Waals surface area contributed by atoms with Gasteiger partial charge in [0, 0.05) is 6.20 Å². The van der Waals surface area contributed by atoms with E-state index in [1.165, 1.54) is 6.20 Å². The Morgan fingerprint density at radius 3 is 2.81 bits per heavy atom. The Morgan fingerprint density at radius 1 is 1.62 bits per heavy atom. The van der Waals surface area contributed by atoms with E-state index in [0.29, 0.717) is 5.02 Å². The number of halogens is 1. The maximum absolute atomic E-state index is 11.7. The highest BCUT2D eigenvalue weighted by molar-refractivity contribution is 6.33. The molecule has 0 spiro atoms. The van der Waals surface area contributed by atoms with Crippen LogP contribution in [-0.2, 0) is 4.79 Å². The molecule has 1 aromatic rings. The largest absolute Gasteiger partial charge is 0.308 e. The molecule has 1 rings (SSSR count). The number of pyridine rings is 1. The molecule has 84 valence electrons. The highest BCUT2D eigenvalue weighted by Gasteiger charge is 2.22. The Balaban J connectivity index is 2.79. The molecule has 1 unspecified atom stereocenters. The van der Waals surface area contributed by atoms with Gasteiger partial charge in [0.05, 0.1) is 11.1 Å². The first-order valence-corrected chi connectivity index (χ1v) is 5.25. The summed E-state index contributed by atoms with van der Waals surface area (Å²) in [6, 6.07) is 5.25. The molecule has 0 aliphatic heterocycles. The van der Waals surface area contributed by atoms with E-state index in [1.54, 1.807) is 12.1 Å². The number of amides is 1. The Hall–Kier alpha value is -1.60. The summed E-state index contributed by atoms with van der Waals surface area (Å²) in [5.41, 5.74) is 0. The van der Waals surface area contributed by atoms with Crippen LogP contribution in [0.4, 0.5) is 5.82 Å². The van der Waals surface area contributed by atoms with Crippen LogP contribution < -0.4 is 5.32 Å². The molecule has 1 atom stereocenters. The first-order valence-electron chi connectivity index (χ1n) is 4.87. The topological polar surface area (TPSA) is 65.8 Å². The summed E-state index contributed by atoms with van der Waals surface area (Å²) >= 11 is 5.84.